The minimum Gasteiger partial charge on any atom is -0.314 e. The first-order valence-electron chi connectivity index (χ1n) is 7.80. The van der Waals surface area contributed by atoms with Crippen LogP contribution in [-0.4, -0.2) is 43.3 Å². The molecule has 0 spiro atoms. The van der Waals surface area contributed by atoms with Gasteiger partial charge in [-0.3, -0.25) is 10.1 Å². The molecule has 2 atom stereocenters. The third kappa shape index (κ3) is 2.86. The van der Waals surface area contributed by atoms with Gasteiger partial charge in [0, 0.05) is 31.3 Å². The van der Waals surface area contributed by atoms with Crippen LogP contribution in [0.1, 0.15) is 24.0 Å². The van der Waals surface area contributed by atoms with Crippen LogP contribution < -0.4 is 5.32 Å². The summed E-state index contributed by atoms with van der Waals surface area (Å²) in [7, 11) is -3.71. The molecule has 1 aromatic carbocycles. The van der Waals surface area contributed by atoms with Crippen LogP contribution in [0.15, 0.2) is 17.0 Å². The molecule has 0 aromatic heterocycles. The van der Waals surface area contributed by atoms with Crippen molar-refractivity contribution in [3.8, 4) is 0 Å². The minimum absolute atomic E-state index is 0.0635. The average molecular weight is 339 g/mol. The molecule has 0 radical (unpaired) electrons. The highest BCUT2D eigenvalue weighted by Gasteiger charge is 2.38. The van der Waals surface area contributed by atoms with E-state index in [1.807, 2.05) is 0 Å². The van der Waals surface area contributed by atoms with E-state index < -0.39 is 14.9 Å². The lowest BCUT2D eigenvalue weighted by atomic mass is 9.95. The molecule has 2 fully saturated rings. The van der Waals surface area contributed by atoms with Gasteiger partial charge in [-0.05, 0) is 50.3 Å². The zero-order valence-corrected chi connectivity index (χ0v) is 14.1. The smallest absolute Gasteiger partial charge is 0.271 e. The van der Waals surface area contributed by atoms with Gasteiger partial charge in [0.25, 0.3) is 5.69 Å². The molecule has 8 heteroatoms. The molecule has 0 saturated carbocycles. The summed E-state index contributed by atoms with van der Waals surface area (Å²) in [5, 5.41) is 14.5. The van der Waals surface area contributed by atoms with Crippen LogP contribution >= 0.6 is 0 Å². The Bertz CT molecular complexity index is 747. The number of nitrogens with one attached hydrogen (secondary N) is 1. The Balaban J connectivity index is 1.98. The molecule has 1 N–H and O–H groups in total. The van der Waals surface area contributed by atoms with Crippen LogP contribution in [0, 0.1) is 29.9 Å². The molecule has 3 rings (SSSR count). The van der Waals surface area contributed by atoms with Crippen LogP contribution in [0.4, 0.5) is 5.69 Å². The molecule has 0 amide bonds. The molecule has 2 aliphatic rings. The molecule has 126 valence electrons. The lowest BCUT2D eigenvalue weighted by Crippen LogP contribution is -2.46. The summed E-state index contributed by atoms with van der Waals surface area (Å²) in [5.74, 6) is 0.332. The molecule has 0 bridgehead atoms. The second-order valence-electron chi connectivity index (χ2n) is 6.40. The van der Waals surface area contributed by atoms with Crippen molar-refractivity contribution in [1.29, 1.82) is 0 Å². The third-order valence-electron chi connectivity index (χ3n) is 5.05. The van der Waals surface area contributed by atoms with Crippen molar-refractivity contribution >= 4 is 15.7 Å². The van der Waals surface area contributed by atoms with Crippen LogP contribution in [0.2, 0.25) is 0 Å². The zero-order valence-electron chi connectivity index (χ0n) is 13.3. The van der Waals surface area contributed by atoms with E-state index in [4.69, 9.17) is 0 Å². The SMILES string of the molecule is Cc1cc([N+](=O)[O-])cc(S(=O)(=O)N2CCC3NCCC3C2)c1C. The van der Waals surface area contributed by atoms with Crippen molar-refractivity contribution in [2.45, 2.75) is 37.6 Å². The Labute approximate surface area is 135 Å². The van der Waals surface area contributed by atoms with Gasteiger partial charge in [0.1, 0.15) is 0 Å². The van der Waals surface area contributed by atoms with Crippen LogP contribution in [0.25, 0.3) is 0 Å². The largest absolute Gasteiger partial charge is 0.314 e. The molecule has 2 unspecified atom stereocenters. The molecule has 1 aromatic rings. The van der Waals surface area contributed by atoms with E-state index in [2.05, 4.69) is 5.32 Å². The highest BCUT2D eigenvalue weighted by Crippen LogP contribution is 2.32. The Hall–Kier alpha value is -1.51. The Kier molecular flexibility index (Phi) is 4.16. The Morgan fingerprint density at radius 3 is 2.74 bits per heavy atom. The van der Waals surface area contributed by atoms with E-state index in [1.54, 1.807) is 13.8 Å². The van der Waals surface area contributed by atoms with Crippen molar-refractivity contribution in [2.24, 2.45) is 5.92 Å². The van der Waals surface area contributed by atoms with Gasteiger partial charge in [-0.2, -0.15) is 4.31 Å². The Morgan fingerprint density at radius 1 is 1.30 bits per heavy atom. The number of nitrogens with zero attached hydrogens (tertiary/aromatic N) is 2. The normalized spacial score (nSPS) is 25.3. The summed E-state index contributed by atoms with van der Waals surface area (Å²) in [6, 6.07) is 3.01. The highest BCUT2D eigenvalue weighted by atomic mass is 32.2. The second kappa shape index (κ2) is 5.85. The number of aryl methyl sites for hydroxylation is 1. The van der Waals surface area contributed by atoms with E-state index >= 15 is 0 Å². The van der Waals surface area contributed by atoms with Crippen molar-refractivity contribution < 1.29 is 13.3 Å². The third-order valence-corrected chi connectivity index (χ3v) is 7.04. The van der Waals surface area contributed by atoms with Gasteiger partial charge in [0.2, 0.25) is 10.0 Å². The van der Waals surface area contributed by atoms with E-state index in [0.29, 0.717) is 36.2 Å². The Morgan fingerprint density at radius 2 is 2.04 bits per heavy atom. The molecule has 2 heterocycles. The number of fused-ring (bicyclic) bond motifs is 1. The summed E-state index contributed by atoms with van der Waals surface area (Å²) in [6.45, 7) is 5.28. The summed E-state index contributed by atoms with van der Waals surface area (Å²) < 4.78 is 27.5. The van der Waals surface area contributed by atoms with Crippen LogP contribution in [0.5, 0.6) is 0 Å². The molecule has 2 aliphatic heterocycles. The van der Waals surface area contributed by atoms with Gasteiger partial charge >= 0.3 is 0 Å². The molecule has 2 saturated heterocycles. The summed E-state index contributed by atoms with van der Waals surface area (Å²) in [4.78, 5) is 10.6. The fraction of sp³-hybridized carbons (Fsp3) is 0.600. The predicted molar refractivity (Wildman–Crippen MR) is 85.8 cm³/mol. The van der Waals surface area contributed by atoms with Crippen LogP contribution in [-0.2, 0) is 10.0 Å². The van der Waals surface area contributed by atoms with Gasteiger partial charge in [0.15, 0.2) is 0 Å². The first-order valence-corrected chi connectivity index (χ1v) is 9.24. The molecular weight excluding hydrogens is 318 g/mol. The number of sulfonamides is 1. The number of piperidine rings is 1. The monoisotopic (exact) mass is 339 g/mol. The first kappa shape index (κ1) is 16.4. The maximum Gasteiger partial charge on any atom is 0.271 e. The van der Waals surface area contributed by atoms with E-state index in [-0.39, 0.29) is 10.6 Å². The summed E-state index contributed by atoms with van der Waals surface area (Å²) in [5.41, 5.74) is 1.03. The van der Waals surface area contributed by atoms with Gasteiger partial charge < -0.3 is 5.32 Å². The number of non-ortho nitro benzene ring substituents is 1. The fourth-order valence-corrected chi connectivity index (χ4v) is 5.38. The van der Waals surface area contributed by atoms with Crippen molar-refractivity contribution in [3.63, 3.8) is 0 Å². The lowest BCUT2D eigenvalue weighted by Gasteiger charge is -2.34. The average Bonchev–Trinajstić information content (AvgIpc) is 2.96. The van der Waals surface area contributed by atoms with Crippen molar-refractivity contribution in [1.82, 2.24) is 9.62 Å². The number of hydrogen-bond donors (Lipinski definition) is 1. The van der Waals surface area contributed by atoms with Crippen molar-refractivity contribution in [3.05, 3.63) is 33.4 Å². The first-order chi connectivity index (χ1) is 10.8. The number of nitro benzene ring substituents is 1. The number of hydrogen-bond acceptors (Lipinski definition) is 5. The van der Waals surface area contributed by atoms with E-state index in [1.165, 1.54) is 16.4 Å². The number of nitro groups is 1. The predicted octanol–water partition coefficient (Wildman–Crippen LogP) is 1.58. The number of rotatable bonds is 3. The zero-order chi connectivity index (χ0) is 16.8. The van der Waals surface area contributed by atoms with Gasteiger partial charge in [-0.1, -0.05) is 0 Å². The van der Waals surface area contributed by atoms with Gasteiger partial charge in [-0.15, -0.1) is 0 Å². The molecule has 7 nitrogen and oxygen atoms in total. The van der Waals surface area contributed by atoms with Crippen LogP contribution in [0.3, 0.4) is 0 Å². The number of benzene rings is 1. The quantitative estimate of drug-likeness (QED) is 0.667. The van der Waals surface area contributed by atoms with Crippen molar-refractivity contribution in [2.75, 3.05) is 19.6 Å². The maximum absolute atomic E-state index is 13.0. The molecule has 23 heavy (non-hydrogen) atoms. The lowest BCUT2D eigenvalue weighted by molar-refractivity contribution is -0.385. The standard InChI is InChI=1S/C15H21N3O4S/c1-10-7-13(18(19)20)8-15(11(10)2)23(21,22)17-6-4-14-12(9-17)3-5-16-14/h7-8,12,14,16H,3-6,9H2,1-2H3. The van der Waals surface area contributed by atoms with E-state index in [9.17, 15) is 18.5 Å². The highest BCUT2D eigenvalue weighted by molar-refractivity contribution is 7.89. The fourth-order valence-electron chi connectivity index (χ4n) is 3.55. The van der Waals surface area contributed by atoms with E-state index in [0.717, 1.165) is 19.4 Å². The van der Waals surface area contributed by atoms with Gasteiger partial charge in [-0.25, -0.2) is 8.42 Å². The summed E-state index contributed by atoms with van der Waals surface area (Å²) >= 11 is 0. The topological polar surface area (TPSA) is 92.5 Å². The second-order valence-corrected chi connectivity index (χ2v) is 8.31. The minimum atomic E-state index is -3.71. The molecule has 0 aliphatic carbocycles. The summed E-state index contributed by atoms with van der Waals surface area (Å²) in [6.07, 6.45) is 1.76. The maximum atomic E-state index is 13.0. The van der Waals surface area contributed by atoms with Gasteiger partial charge in [0.05, 0.1) is 9.82 Å². The molecular formula is C15H21N3O4S.